The lowest BCUT2D eigenvalue weighted by atomic mass is 9.70. The van der Waals surface area contributed by atoms with E-state index in [4.69, 9.17) is 10.7 Å². The predicted octanol–water partition coefficient (Wildman–Crippen LogP) is 4.78. The van der Waals surface area contributed by atoms with Crippen LogP contribution in [0.2, 0.25) is 0 Å². The lowest BCUT2D eigenvalue weighted by Gasteiger charge is -2.40. The van der Waals surface area contributed by atoms with Crippen LogP contribution in [0.1, 0.15) is 59.7 Å². The summed E-state index contributed by atoms with van der Waals surface area (Å²) in [6.07, 6.45) is 7.00. The molecule has 1 aromatic carbocycles. The van der Waals surface area contributed by atoms with Crippen LogP contribution in [0, 0.1) is 17.2 Å². The van der Waals surface area contributed by atoms with Gasteiger partial charge in [-0.3, -0.25) is 9.36 Å². The molecule has 1 amide bonds. The van der Waals surface area contributed by atoms with Crippen LogP contribution < -0.4 is 11.1 Å². The van der Waals surface area contributed by atoms with Gasteiger partial charge in [-0.05, 0) is 68.7 Å². The number of amides is 1. The third kappa shape index (κ3) is 4.06. The first-order valence-electron chi connectivity index (χ1n) is 11.4. The normalized spacial score (nSPS) is 23.7. The van der Waals surface area contributed by atoms with E-state index in [1.54, 1.807) is 23.2 Å². The summed E-state index contributed by atoms with van der Waals surface area (Å²) < 4.78 is 15.7. The van der Waals surface area contributed by atoms with Crippen LogP contribution >= 0.6 is 0 Å². The minimum atomic E-state index is -0.682. The van der Waals surface area contributed by atoms with E-state index in [2.05, 4.69) is 26.1 Å². The Morgan fingerprint density at radius 1 is 1.19 bits per heavy atom. The van der Waals surface area contributed by atoms with Gasteiger partial charge in [0.05, 0.1) is 6.54 Å². The van der Waals surface area contributed by atoms with Crippen LogP contribution in [0.5, 0.6) is 0 Å². The van der Waals surface area contributed by atoms with E-state index in [1.807, 2.05) is 24.6 Å². The van der Waals surface area contributed by atoms with Crippen molar-refractivity contribution in [3.05, 3.63) is 42.1 Å². The molecule has 2 unspecified atom stereocenters. The van der Waals surface area contributed by atoms with Crippen LogP contribution in [0.3, 0.4) is 0 Å². The number of nitrogens with zero attached hydrogens (tertiary/aromatic N) is 3. The number of aromatic nitrogens is 2. The molecule has 0 saturated heterocycles. The van der Waals surface area contributed by atoms with E-state index in [0.29, 0.717) is 12.0 Å². The molecule has 0 radical (unpaired) electrons. The lowest BCUT2D eigenvalue weighted by Crippen LogP contribution is -2.47. The van der Waals surface area contributed by atoms with Crippen molar-refractivity contribution in [1.29, 1.82) is 0 Å². The second kappa shape index (κ2) is 8.03. The van der Waals surface area contributed by atoms with Crippen molar-refractivity contribution in [2.75, 3.05) is 11.9 Å². The standard InChI is InChI=1S/C25H34FN5O/c1-16-12-19(14-24(2,3)13-16)28-22-21(17-6-8-18(26)9-7-17)29-23-25(4,5)31(20(32)15-27)11-10-30(22)23/h6-11,16,19,28H,12-15,27H2,1-5H3. The summed E-state index contributed by atoms with van der Waals surface area (Å²) in [4.78, 5) is 19.1. The fraction of sp³-hybridized carbons (Fsp3) is 0.520. The average Bonchev–Trinajstić information content (AvgIpc) is 3.06. The van der Waals surface area contributed by atoms with Crippen molar-refractivity contribution >= 4 is 17.9 Å². The molecule has 1 aliphatic heterocycles. The van der Waals surface area contributed by atoms with E-state index >= 15 is 0 Å². The van der Waals surface area contributed by atoms with Crippen LogP contribution in [0.4, 0.5) is 10.2 Å². The van der Waals surface area contributed by atoms with E-state index in [-0.39, 0.29) is 23.7 Å². The number of rotatable bonds is 4. The van der Waals surface area contributed by atoms with Crippen molar-refractivity contribution in [2.24, 2.45) is 17.1 Å². The summed E-state index contributed by atoms with van der Waals surface area (Å²) >= 11 is 0. The number of benzene rings is 1. The van der Waals surface area contributed by atoms with Crippen molar-refractivity contribution in [1.82, 2.24) is 14.5 Å². The Labute approximate surface area is 189 Å². The molecule has 2 atom stereocenters. The average molecular weight is 440 g/mol. The quantitative estimate of drug-likeness (QED) is 0.719. The van der Waals surface area contributed by atoms with Crippen molar-refractivity contribution in [2.45, 2.75) is 65.5 Å². The maximum Gasteiger partial charge on any atom is 0.241 e. The second-order valence-electron chi connectivity index (χ2n) is 10.6. The minimum Gasteiger partial charge on any atom is -0.367 e. The van der Waals surface area contributed by atoms with Crippen molar-refractivity contribution < 1.29 is 9.18 Å². The molecule has 1 fully saturated rings. The summed E-state index contributed by atoms with van der Waals surface area (Å²) in [5.41, 5.74) is 6.82. The first kappa shape index (κ1) is 22.5. The fourth-order valence-electron chi connectivity index (χ4n) is 5.53. The topological polar surface area (TPSA) is 76.2 Å². The number of fused-ring (bicyclic) bond motifs is 1. The predicted molar refractivity (Wildman–Crippen MR) is 126 cm³/mol. The number of imidazole rings is 1. The minimum absolute atomic E-state index is 0.0700. The zero-order valence-electron chi connectivity index (χ0n) is 19.7. The molecule has 1 aromatic heterocycles. The number of nitrogens with one attached hydrogen (secondary N) is 1. The molecular formula is C25H34FN5O. The molecule has 7 heteroatoms. The van der Waals surface area contributed by atoms with Gasteiger partial charge in [0.1, 0.15) is 28.7 Å². The van der Waals surface area contributed by atoms with E-state index < -0.39 is 5.54 Å². The van der Waals surface area contributed by atoms with E-state index in [0.717, 1.165) is 35.7 Å². The number of carbonyl (C=O) groups excluding carboxylic acids is 1. The summed E-state index contributed by atoms with van der Waals surface area (Å²) in [5.74, 6) is 1.80. The van der Waals surface area contributed by atoms with Crippen LogP contribution in [0.15, 0.2) is 30.5 Å². The van der Waals surface area contributed by atoms with E-state index in [1.165, 1.54) is 18.6 Å². The third-order valence-electron chi connectivity index (χ3n) is 6.71. The van der Waals surface area contributed by atoms with Gasteiger partial charge in [0.2, 0.25) is 5.91 Å². The van der Waals surface area contributed by atoms with Gasteiger partial charge in [0, 0.05) is 24.0 Å². The largest absolute Gasteiger partial charge is 0.367 e. The Morgan fingerprint density at radius 2 is 1.88 bits per heavy atom. The van der Waals surface area contributed by atoms with Crippen molar-refractivity contribution in [3.63, 3.8) is 0 Å². The molecule has 4 rings (SSSR count). The highest BCUT2D eigenvalue weighted by atomic mass is 19.1. The van der Waals surface area contributed by atoms with Gasteiger partial charge >= 0.3 is 0 Å². The molecule has 3 N–H and O–H groups in total. The molecule has 0 spiro atoms. The lowest BCUT2D eigenvalue weighted by molar-refractivity contribution is -0.132. The number of carbonyl (C=O) groups is 1. The Balaban J connectivity index is 1.81. The Hall–Kier alpha value is -2.67. The Bertz CT molecular complexity index is 1040. The first-order valence-corrected chi connectivity index (χ1v) is 11.4. The third-order valence-corrected chi connectivity index (χ3v) is 6.71. The maximum absolute atomic E-state index is 13.6. The molecule has 32 heavy (non-hydrogen) atoms. The van der Waals surface area contributed by atoms with Crippen LogP contribution in [-0.2, 0) is 10.3 Å². The van der Waals surface area contributed by atoms with Gasteiger partial charge in [-0.15, -0.1) is 0 Å². The number of halogens is 1. The highest BCUT2D eigenvalue weighted by Gasteiger charge is 2.40. The molecule has 1 aliphatic carbocycles. The van der Waals surface area contributed by atoms with Crippen LogP contribution in [-0.4, -0.2) is 32.9 Å². The zero-order valence-corrected chi connectivity index (χ0v) is 19.7. The van der Waals surface area contributed by atoms with Crippen molar-refractivity contribution in [3.8, 4) is 11.3 Å². The second-order valence-corrected chi connectivity index (χ2v) is 10.6. The highest BCUT2D eigenvalue weighted by Crippen LogP contribution is 2.43. The maximum atomic E-state index is 13.6. The molecule has 2 heterocycles. The molecule has 0 bridgehead atoms. The molecule has 2 aliphatic rings. The number of hydrogen-bond donors (Lipinski definition) is 2. The number of nitrogens with two attached hydrogens (primary N) is 1. The number of anilines is 1. The van der Waals surface area contributed by atoms with Gasteiger partial charge in [-0.1, -0.05) is 20.8 Å². The Kier molecular flexibility index (Phi) is 5.65. The summed E-state index contributed by atoms with van der Waals surface area (Å²) in [5, 5.41) is 3.78. The summed E-state index contributed by atoms with van der Waals surface area (Å²) in [7, 11) is 0. The van der Waals surface area contributed by atoms with Gasteiger partial charge in [-0.25, -0.2) is 9.37 Å². The van der Waals surface area contributed by atoms with Gasteiger partial charge in [0.25, 0.3) is 0 Å². The fourth-order valence-corrected chi connectivity index (χ4v) is 5.53. The molecule has 1 saturated carbocycles. The molecule has 2 aromatic rings. The molecule has 6 nitrogen and oxygen atoms in total. The van der Waals surface area contributed by atoms with Gasteiger partial charge < -0.3 is 16.0 Å². The monoisotopic (exact) mass is 439 g/mol. The smallest absolute Gasteiger partial charge is 0.241 e. The first-order chi connectivity index (χ1) is 15.0. The SMILES string of the molecule is CC1CC(Nc2c(-c3ccc(F)cc3)nc3n2C=CN(C(=O)CN)C3(C)C)CC(C)(C)C1. The molecular weight excluding hydrogens is 405 g/mol. The molecule has 172 valence electrons. The van der Waals surface area contributed by atoms with Gasteiger partial charge in [0.15, 0.2) is 0 Å². The zero-order chi connectivity index (χ0) is 23.3. The highest BCUT2D eigenvalue weighted by molar-refractivity contribution is 5.82. The summed E-state index contributed by atoms with van der Waals surface area (Å²) in [6.45, 7) is 10.8. The Morgan fingerprint density at radius 3 is 2.50 bits per heavy atom. The van der Waals surface area contributed by atoms with E-state index in [9.17, 15) is 9.18 Å². The number of hydrogen-bond acceptors (Lipinski definition) is 4. The van der Waals surface area contributed by atoms with Crippen LogP contribution in [0.25, 0.3) is 17.5 Å². The summed E-state index contributed by atoms with van der Waals surface area (Å²) in [6, 6.07) is 6.71. The van der Waals surface area contributed by atoms with Gasteiger partial charge in [-0.2, -0.15) is 0 Å².